The second kappa shape index (κ2) is 9.09. The lowest BCUT2D eigenvalue weighted by atomic mass is 10.0. The van der Waals surface area contributed by atoms with Crippen LogP contribution in [-0.4, -0.2) is 16.8 Å². The van der Waals surface area contributed by atoms with Gasteiger partial charge in [0.25, 0.3) is 0 Å². The molecule has 0 aliphatic carbocycles. The SMILES string of the molecule is C[S+]([O-])c1ccc(-c2ccc(C(Cl)C(=O)OCc3ccccc3)cc2)cc1. The fourth-order valence-corrected chi connectivity index (χ4v) is 3.35. The van der Waals surface area contributed by atoms with Crippen molar-refractivity contribution < 1.29 is 14.1 Å². The number of alkyl halides is 1. The number of rotatable bonds is 6. The van der Waals surface area contributed by atoms with Gasteiger partial charge in [-0.1, -0.05) is 54.6 Å². The molecule has 3 aromatic rings. The van der Waals surface area contributed by atoms with E-state index < -0.39 is 22.5 Å². The largest absolute Gasteiger partial charge is 0.612 e. The molecule has 0 saturated carbocycles. The van der Waals surface area contributed by atoms with Gasteiger partial charge in [0.05, 0.1) is 0 Å². The van der Waals surface area contributed by atoms with Crippen LogP contribution >= 0.6 is 11.6 Å². The monoisotopic (exact) mass is 398 g/mol. The summed E-state index contributed by atoms with van der Waals surface area (Å²) in [6.45, 7) is 0.201. The number of halogens is 1. The van der Waals surface area contributed by atoms with E-state index >= 15 is 0 Å². The van der Waals surface area contributed by atoms with Gasteiger partial charge in [0.2, 0.25) is 0 Å². The van der Waals surface area contributed by atoms with E-state index in [1.165, 1.54) is 0 Å². The van der Waals surface area contributed by atoms with Crippen LogP contribution in [0, 0.1) is 0 Å². The van der Waals surface area contributed by atoms with Crippen molar-refractivity contribution in [3.8, 4) is 11.1 Å². The Morgan fingerprint density at radius 1 is 0.963 bits per heavy atom. The van der Waals surface area contributed by atoms with Crippen molar-refractivity contribution in [2.24, 2.45) is 0 Å². The van der Waals surface area contributed by atoms with E-state index in [1.54, 1.807) is 6.26 Å². The molecule has 0 aliphatic rings. The van der Waals surface area contributed by atoms with Gasteiger partial charge in [-0.2, -0.15) is 0 Å². The molecule has 3 rings (SSSR count). The molecule has 3 aromatic carbocycles. The molecule has 0 spiro atoms. The van der Waals surface area contributed by atoms with Crippen LogP contribution in [-0.2, 0) is 27.3 Å². The topological polar surface area (TPSA) is 49.4 Å². The number of carbonyl (C=O) groups is 1. The Morgan fingerprint density at radius 2 is 1.52 bits per heavy atom. The summed E-state index contributed by atoms with van der Waals surface area (Å²) in [7, 11) is 0. The molecule has 27 heavy (non-hydrogen) atoms. The van der Waals surface area contributed by atoms with Crippen LogP contribution in [0.25, 0.3) is 11.1 Å². The molecule has 0 N–H and O–H groups in total. The number of ether oxygens (including phenoxy) is 1. The molecule has 0 saturated heterocycles. The van der Waals surface area contributed by atoms with Gasteiger partial charge < -0.3 is 9.29 Å². The predicted octanol–water partition coefficient (Wildman–Crippen LogP) is 5.11. The first-order valence-electron chi connectivity index (χ1n) is 8.43. The van der Waals surface area contributed by atoms with Crippen LogP contribution in [0.1, 0.15) is 16.5 Å². The lowest BCUT2D eigenvalue weighted by molar-refractivity contribution is -0.144. The summed E-state index contributed by atoms with van der Waals surface area (Å²) in [4.78, 5) is 13.0. The van der Waals surface area contributed by atoms with Crippen molar-refractivity contribution in [1.29, 1.82) is 0 Å². The molecule has 3 nitrogen and oxygen atoms in total. The Morgan fingerprint density at radius 3 is 2.07 bits per heavy atom. The van der Waals surface area contributed by atoms with Crippen molar-refractivity contribution in [2.75, 3.05) is 6.26 Å². The van der Waals surface area contributed by atoms with Crippen molar-refractivity contribution in [3.63, 3.8) is 0 Å². The number of benzene rings is 3. The molecule has 0 amide bonds. The third-order valence-electron chi connectivity index (χ3n) is 4.15. The second-order valence-electron chi connectivity index (χ2n) is 6.06. The zero-order valence-corrected chi connectivity index (χ0v) is 16.4. The van der Waals surface area contributed by atoms with Gasteiger partial charge in [-0.15, -0.1) is 11.6 Å². The fourth-order valence-electron chi connectivity index (χ4n) is 2.62. The molecule has 0 radical (unpaired) electrons. The van der Waals surface area contributed by atoms with E-state index in [9.17, 15) is 9.35 Å². The van der Waals surface area contributed by atoms with Crippen LogP contribution in [0.4, 0.5) is 0 Å². The molecular formula is C22H19ClO3S. The fraction of sp³-hybridized carbons (Fsp3) is 0.136. The maximum absolute atomic E-state index is 12.2. The van der Waals surface area contributed by atoms with E-state index in [0.29, 0.717) is 5.56 Å². The molecule has 0 fully saturated rings. The summed E-state index contributed by atoms with van der Waals surface area (Å²) >= 11 is 5.27. The molecule has 0 aliphatic heterocycles. The molecule has 2 atom stereocenters. The van der Waals surface area contributed by atoms with Crippen molar-refractivity contribution in [3.05, 3.63) is 90.0 Å². The summed E-state index contributed by atoms with van der Waals surface area (Å²) in [6, 6.07) is 24.5. The van der Waals surface area contributed by atoms with Crippen molar-refractivity contribution in [2.45, 2.75) is 16.9 Å². The lowest BCUT2D eigenvalue weighted by Gasteiger charge is -2.11. The molecule has 0 aromatic heterocycles. The average Bonchev–Trinajstić information content (AvgIpc) is 2.72. The third kappa shape index (κ3) is 5.13. The van der Waals surface area contributed by atoms with Crippen LogP contribution in [0.2, 0.25) is 0 Å². The molecule has 5 heteroatoms. The summed E-state index contributed by atoms with van der Waals surface area (Å²) in [6.07, 6.45) is 1.65. The van der Waals surface area contributed by atoms with E-state index in [-0.39, 0.29) is 6.61 Å². The Balaban J connectivity index is 1.64. The van der Waals surface area contributed by atoms with E-state index in [0.717, 1.165) is 21.6 Å². The second-order valence-corrected chi connectivity index (χ2v) is 7.87. The molecule has 2 unspecified atom stereocenters. The van der Waals surface area contributed by atoms with Crippen LogP contribution < -0.4 is 0 Å². The van der Waals surface area contributed by atoms with Crippen LogP contribution in [0.5, 0.6) is 0 Å². The van der Waals surface area contributed by atoms with Gasteiger partial charge in [-0.3, -0.25) is 4.79 Å². The van der Waals surface area contributed by atoms with Gasteiger partial charge in [-0.25, -0.2) is 0 Å². The van der Waals surface area contributed by atoms with E-state index in [4.69, 9.17) is 16.3 Å². The van der Waals surface area contributed by atoms with Crippen LogP contribution in [0.15, 0.2) is 83.8 Å². The van der Waals surface area contributed by atoms with Gasteiger partial charge in [0.15, 0.2) is 10.3 Å². The average molecular weight is 399 g/mol. The first-order valence-corrected chi connectivity index (χ1v) is 10.4. The van der Waals surface area contributed by atoms with Crippen molar-refractivity contribution >= 4 is 28.7 Å². The van der Waals surface area contributed by atoms with Crippen molar-refractivity contribution in [1.82, 2.24) is 0 Å². The van der Waals surface area contributed by atoms with Gasteiger partial charge >= 0.3 is 5.97 Å². The zero-order valence-electron chi connectivity index (χ0n) is 14.8. The normalized spacial score (nSPS) is 13.0. The first-order chi connectivity index (χ1) is 13.0. The maximum atomic E-state index is 12.2. The van der Waals surface area contributed by atoms with Gasteiger partial charge in [0.1, 0.15) is 12.9 Å². The number of hydrogen-bond acceptors (Lipinski definition) is 3. The minimum atomic E-state index is -0.994. The summed E-state index contributed by atoms with van der Waals surface area (Å²) in [5.41, 5.74) is 3.61. The summed E-state index contributed by atoms with van der Waals surface area (Å²) < 4.78 is 16.8. The smallest absolute Gasteiger partial charge is 0.328 e. The standard InChI is InChI=1S/C22H19ClO3S/c1-27(25)20-13-11-18(12-14-20)17-7-9-19(10-8-17)21(23)22(24)26-15-16-5-3-2-4-6-16/h2-14,21H,15H2,1H3. The zero-order chi connectivity index (χ0) is 19.2. The highest BCUT2D eigenvalue weighted by Crippen LogP contribution is 2.27. The first kappa shape index (κ1) is 19.5. The Labute approximate surface area is 167 Å². The Hall–Kier alpha value is -2.27. The van der Waals surface area contributed by atoms with Gasteiger partial charge in [-0.05, 0) is 57.7 Å². The minimum Gasteiger partial charge on any atom is -0.612 e. The maximum Gasteiger partial charge on any atom is 0.328 e. The van der Waals surface area contributed by atoms with E-state index in [2.05, 4.69) is 0 Å². The van der Waals surface area contributed by atoms with Crippen LogP contribution in [0.3, 0.4) is 0 Å². The molecule has 138 valence electrons. The Kier molecular flexibility index (Phi) is 6.56. The lowest BCUT2D eigenvalue weighted by Crippen LogP contribution is -2.11. The Bertz CT molecular complexity index is 878. The highest BCUT2D eigenvalue weighted by molar-refractivity contribution is 7.90. The molecule has 0 heterocycles. The third-order valence-corrected chi connectivity index (χ3v) is 5.52. The summed E-state index contributed by atoms with van der Waals surface area (Å²) in [5.74, 6) is -0.469. The highest BCUT2D eigenvalue weighted by atomic mass is 35.5. The molecule has 0 bridgehead atoms. The number of hydrogen-bond donors (Lipinski definition) is 0. The summed E-state index contributed by atoms with van der Waals surface area (Å²) in [5, 5.41) is -0.854. The number of carbonyl (C=O) groups excluding carboxylic acids is 1. The highest BCUT2D eigenvalue weighted by Gasteiger charge is 2.19. The quantitative estimate of drug-likeness (QED) is 0.329. The minimum absolute atomic E-state index is 0.201. The molecular weight excluding hydrogens is 380 g/mol. The predicted molar refractivity (Wildman–Crippen MR) is 109 cm³/mol. The number of esters is 1. The van der Waals surface area contributed by atoms with Gasteiger partial charge in [0, 0.05) is 0 Å². The van der Waals surface area contributed by atoms with E-state index in [1.807, 2.05) is 78.9 Å².